The Labute approximate surface area is 126 Å². The SMILES string of the molecule is COC(=O)c1cc(C)sc1NC(=O)Nc1ccc(C)cc1. The Bertz CT molecular complexity index is 662. The van der Waals surface area contributed by atoms with Gasteiger partial charge in [-0.2, -0.15) is 0 Å². The first-order chi connectivity index (χ1) is 9.99. The van der Waals surface area contributed by atoms with Gasteiger partial charge in [-0.3, -0.25) is 5.32 Å². The number of benzene rings is 1. The summed E-state index contributed by atoms with van der Waals surface area (Å²) in [4.78, 5) is 24.5. The first-order valence-electron chi connectivity index (χ1n) is 6.33. The Morgan fingerprint density at radius 2 is 1.76 bits per heavy atom. The molecule has 6 heteroatoms. The van der Waals surface area contributed by atoms with Gasteiger partial charge in [-0.15, -0.1) is 11.3 Å². The Morgan fingerprint density at radius 1 is 1.10 bits per heavy atom. The van der Waals surface area contributed by atoms with Crippen molar-refractivity contribution in [1.29, 1.82) is 0 Å². The van der Waals surface area contributed by atoms with E-state index in [0.717, 1.165) is 10.4 Å². The Balaban J connectivity index is 2.09. The van der Waals surface area contributed by atoms with E-state index < -0.39 is 12.0 Å². The molecule has 2 aromatic rings. The summed E-state index contributed by atoms with van der Waals surface area (Å²) in [5.41, 5.74) is 2.16. The molecule has 0 aliphatic rings. The minimum atomic E-state index is -0.468. The highest BCUT2D eigenvalue weighted by Crippen LogP contribution is 2.28. The molecule has 110 valence electrons. The van der Waals surface area contributed by atoms with E-state index >= 15 is 0 Å². The van der Waals surface area contributed by atoms with Crippen molar-refractivity contribution < 1.29 is 14.3 Å². The van der Waals surface area contributed by atoms with Crippen LogP contribution >= 0.6 is 11.3 Å². The maximum atomic E-state index is 12.0. The Kier molecular flexibility index (Phi) is 4.59. The van der Waals surface area contributed by atoms with Gasteiger partial charge in [-0.1, -0.05) is 17.7 Å². The summed E-state index contributed by atoms with van der Waals surface area (Å²) in [6.07, 6.45) is 0. The molecule has 0 saturated heterocycles. The van der Waals surface area contributed by atoms with E-state index in [0.29, 0.717) is 16.3 Å². The van der Waals surface area contributed by atoms with Gasteiger partial charge in [-0.05, 0) is 32.0 Å². The molecule has 0 unspecified atom stereocenters. The maximum absolute atomic E-state index is 12.0. The lowest BCUT2D eigenvalue weighted by molar-refractivity contribution is 0.0602. The van der Waals surface area contributed by atoms with E-state index in [1.54, 1.807) is 6.07 Å². The molecule has 0 aliphatic carbocycles. The van der Waals surface area contributed by atoms with E-state index in [2.05, 4.69) is 10.6 Å². The van der Waals surface area contributed by atoms with E-state index in [4.69, 9.17) is 4.74 Å². The standard InChI is InChI=1S/C15H16N2O3S/c1-9-4-6-11(7-5-9)16-15(19)17-13-12(14(18)20-3)8-10(2)21-13/h4-8H,1-3H3,(H2,16,17,19). The number of carbonyl (C=O) groups excluding carboxylic acids is 2. The number of hydrogen-bond donors (Lipinski definition) is 2. The lowest BCUT2D eigenvalue weighted by Crippen LogP contribution is -2.20. The topological polar surface area (TPSA) is 67.4 Å². The normalized spacial score (nSPS) is 10.0. The number of methoxy groups -OCH3 is 1. The quantitative estimate of drug-likeness (QED) is 0.848. The highest BCUT2D eigenvalue weighted by molar-refractivity contribution is 7.16. The number of aryl methyl sites for hydroxylation is 2. The number of hydrogen-bond acceptors (Lipinski definition) is 4. The number of carbonyl (C=O) groups is 2. The van der Waals surface area contributed by atoms with E-state index in [9.17, 15) is 9.59 Å². The van der Waals surface area contributed by atoms with Crippen molar-refractivity contribution in [3.63, 3.8) is 0 Å². The van der Waals surface area contributed by atoms with Crippen molar-refractivity contribution in [2.24, 2.45) is 0 Å². The summed E-state index contributed by atoms with van der Waals surface area (Å²) in [5, 5.41) is 5.87. The minimum Gasteiger partial charge on any atom is -0.465 e. The van der Waals surface area contributed by atoms with Crippen molar-refractivity contribution in [3.05, 3.63) is 46.3 Å². The molecule has 2 rings (SSSR count). The molecular weight excluding hydrogens is 288 g/mol. The van der Waals surface area contributed by atoms with Crippen LogP contribution < -0.4 is 10.6 Å². The predicted molar refractivity (Wildman–Crippen MR) is 84.2 cm³/mol. The average molecular weight is 304 g/mol. The van der Waals surface area contributed by atoms with Gasteiger partial charge in [0.1, 0.15) is 5.00 Å². The summed E-state index contributed by atoms with van der Waals surface area (Å²) in [6.45, 7) is 3.83. The number of esters is 1. The van der Waals surface area contributed by atoms with Crippen LogP contribution in [-0.2, 0) is 4.74 Å². The summed E-state index contributed by atoms with van der Waals surface area (Å²) < 4.78 is 4.70. The minimum absolute atomic E-state index is 0.360. The molecule has 5 nitrogen and oxygen atoms in total. The second kappa shape index (κ2) is 6.41. The van der Waals surface area contributed by atoms with E-state index in [1.807, 2.05) is 38.1 Å². The van der Waals surface area contributed by atoms with Crippen LogP contribution in [0.25, 0.3) is 0 Å². The number of anilines is 2. The number of rotatable bonds is 3. The third kappa shape index (κ3) is 3.82. The van der Waals surface area contributed by atoms with Crippen LogP contribution in [-0.4, -0.2) is 19.1 Å². The lowest BCUT2D eigenvalue weighted by Gasteiger charge is -2.07. The first kappa shape index (κ1) is 15.1. The van der Waals surface area contributed by atoms with Gasteiger partial charge < -0.3 is 10.1 Å². The van der Waals surface area contributed by atoms with Gasteiger partial charge in [-0.25, -0.2) is 9.59 Å². The van der Waals surface area contributed by atoms with E-state index in [-0.39, 0.29) is 0 Å². The van der Waals surface area contributed by atoms with Crippen LogP contribution in [0.1, 0.15) is 20.8 Å². The molecule has 0 saturated carbocycles. The molecule has 0 fully saturated rings. The highest BCUT2D eigenvalue weighted by Gasteiger charge is 2.17. The second-order valence-corrected chi connectivity index (χ2v) is 5.79. The summed E-state index contributed by atoms with van der Waals surface area (Å²) in [6, 6.07) is 8.74. The number of nitrogens with one attached hydrogen (secondary N) is 2. The lowest BCUT2D eigenvalue weighted by atomic mass is 10.2. The molecule has 1 aromatic heterocycles. The maximum Gasteiger partial charge on any atom is 0.340 e. The second-order valence-electron chi connectivity index (χ2n) is 4.54. The van der Waals surface area contributed by atoms with Crippen molar-refractivity contribution in [2.45, 2.75) is 13.8 Å². The fraction of sp³-hybridized carbons (Fsp3) is 0.200. The van der Waals surface area contributed by atoms with Gasteiger partial charge >= 0.3 is 12.0 Å². The van der Waals surface area contributed by atoms with Crippen LogP contribution in [0.2, 0.25) is 0 Å². The highest BCUT2D eigenvalue weighted by atomic mass is 32.1. The molecule has 0 aliphatic heterocycles. The third-order valence-corrected chi connectivity index (χ3v) is 3.76. The summed E-state index contributed by atoms with van der Waals surface area (Å²) in [7, 11) is 1.31. The monoisotopic (exact) mass is 304 g/mol. The van der Waals surface area contributed by atoms with Crippen molar-refractivity contribution >= 4 is 34.0 Å². The number of urea groups is 1. The molecule has 2 amide bonds. The number of amides is 2. The van der Waals surface area contributed by atoms with Gasteiger partial charge in [0.2, 0.25) is 0 Å². The smallest absolute Gasteiger partial charge is 0.340 e. The number of thiophene rings is 1. The van der Waals surface area contributed by atoms with Crippen LogP contribution in [0.3, 0.4) is 0 Å². The molecule has 0 radical (unpaired) electrons. The van der Waals surface area contributed by atoms with Crippen LogP contribution in [0.5, 0.6) is 0 Å². The van der Waals surface area contributed by atoms with Gasteiger partial charge in [0.25, 0.3) is 0 Å². The third-order valence-electron chi connectivity index (χ3n) is 2.80. The van der Waals surface area contributed by atoms with Gasteiger partial charge in [0, 0.05) is 10.6 Å². The number of ether oxygens (including phenoxy) is 1. The van der Waals surface area contributed by atoms with Crippen LogP contribution in [0.4, 0.5) is 15.5 Å². The zero-order valence-corrected chi connectivity index (χ0v) is 12.8. The largest absolute Gasteiger partial charge is 0.465 e. The molecule has 1 heterocycles. The molecule has 1 aromatic carbocycles. The Hall–Kier alpha value is -2.34. The molecule has 0 atom stereocenters. The fourth-order valence-corrected chi connectivity index (χ4v) is 2.67. The molecule has 0 spiro atoms. The molecular formula is C15H16N2O3S. The first-order valence-corrected chi connectivity index (χ1v) is 7.14. The summed E-state index contributed by atoms with van der Waals surface area (Å²) in [5.74, 6) is -0.468. The zero-order chi connectivity index (χ0) is 15.4. The molecule has 0 bridgehead atoms. The van der Waals surface area contributed by atoms with Crippen molar-refractivity contribution in [2.75, 3.05) is 17.7 Å². The van der Waals surface area contributed by atoms with Crippen LogP contribution in [0.15, 0.2) is 30.3 Å². The molecule has 2 N–H and O–H groups in total. The van der Waals surface area contributed by atoms with Crippen molar-refractivity contribution in [3.8, 4) is 0 Å². The van der Waals surface area contributed by atoms with Gasteiger partial charge in [0.15, 0.2) is 0 Å². The summed E-state index contributed by atoms with van der Waals surface area (Å²) >= 11 is 1.33. The van der Waals surface area contributed by atoms with Crippen molar-refractivity contribution in [1.82, 2.24) is 0 Å². The Morgan fingerprint density at radius 3 is 2.38 bits per heavy atom. The zero-order valence-electron chi connectivity index (χ0n) is 12.0. The molecule has 21 heavy (non-hydrogen) atoms. The van der Waals surface area contributed by atoms with E-state index in [1.165, 1.54) is 18.4 Å². The average Bonchev–Trinajstić information content (AvgIpc) is 2.81. The predicted octanol–water partition coefficient (Wildman–Crippen LogP) is 3.80. The van der Waals surface area contributed by atoms with Crippen LogP contribution in [0, 0.1) is 13.8 Å². The fourth-order valence-electron chi connectivity index (χ4n) is 1.77. The van der Waals surface area contributed by atoms with Gasteiger partial charge in [0.05, 0.1) is 12.7 Å².